The van der Waals surface area contributed by atoms with Gasteiger partial charge in [0.25, 0.3) is 5.91 Å². The molecule has 1 heterocycles. The molecule has 1 saturated heterocycles. The van der Waals surface area contributed by atoms with Gasteiger partial charge in [-0.3, -0.25) is 4.79 Å². The second-order valence-corrected chi connectivity index (χ2v) is 6.02. The second-order valence-electron chi connectivity index (χ2n) is 6.02. The Balaban J connectivity index is 1.84. The van der Waals surface area contributed by atoms with Crippen LogP contribution in [0.25, 0.3) is 0 Å². The number of ether oxygens (including phenoxy) is 2. The van der Waals surface area contributed by atoms with E-state index in [0.29, 0.717) is 19.0 Å². The first-order valence-electron chi connectivity index (χ1n) is 8.23. The van der Waals surface area contributed by atoms with Gasteiger partial charge in [-0.25, -0.2) is 0 Å². The highest BCUT2D eigenvalue weighted by atomic mass is 19.4. The summed E-state index contributed by atoms with van der Waals surface area (Å²) in [4.78, 5) is 14.0. The third-order valence-corrected chi connectivity index (χ3v) is 4.05. The predicted molar refractivity (Wildman–Crippen MR) is 86.7 cm³/mol. The van der Waals surface area contributed by atoms with Crippen molar-refractivity contribution in [2.75, 3.05) is 39.9 Å². The first-order chi connectivity index (χ1) is 11.9. The van der Waals surface area contributed by atoms with Gasteiger partial charge in [-0.1, -0.05) is 12.1 Å². The molecule has 5 nitrogen and oxygen atoms in total. The number of alkyl halides is 3. The molecule has 1 aromatic rings. The number of carbonyl (C=O) groups excluding carboxylic acids is 1. The maximum Gasteiger partial charge on any atom is 0.422 e. The molecule has 0 spiro atoms. The summed E-state index contributed by atoms with van der Waals surface area (Å²) in [5.74, 6) is 0.491. The lowest BCUT2D eigenvalue weighted by atomic mass is 9.97. The minimum atomic E-state index is -4.43. The van der Waals surface area contributed by atoms with Crippen molar-refractivity contribution in [2.45, 2.75) is 19.0 Å². The minimum Gasteiger partial charge on any atom is -0.480 e. The van der Waals surface area contributed by atoms with Crippen LogP contribution in [0.15, 0.2) is 24.3 Å². The van der Waals surface area contributed by atoms with Crippen LogP contribution < -0.4 is 14.8 Å². The molecule has 0 unspecified atom stereocenters. The largest absolute Gasteiger partial charge is 0.480 e. The standard InChI is InChI=1S/C17H23F3N2O3/c1-21-10-13-6-8-22(9-7-13)16(23)11-24-14-4-2-3-5-15(14)25-12-17(18,19)20/h2-5,13,21H,6-12H2,1H3. The number of benzene rings is 1. The summed E-state index contributed by atoms with van der Waals surface area (Å²) in [6.45, 7) is 0.646. The number of halogens is 3. The molecule has 1 amide bonds. The molecule has 8 heteroatoms. The first-order valence-corrected chi connectivity index (χ1v) is 8.23. The van der Waals surface area contributed by atoms with Crippen LogP contribution in [0, 0.1) is 5.92 Å². The van der Waals surface area contributed by atoms with Gasteiger partial charge in [0.15, 0.2) is 24.7 Å². The Morgan fingerprint density at radius 2 is 1.80 bits per heavy atom. The zero-order valence-corrected chi connectivity index (χ0v) is 14.1. The molecular weight excluding hydrogens is 337 g/mol. The maximum atomic E-state index is 12.3. The number of para-hydroxylation sites is 2. The average Bonchev–Trinajstić information content (AvgIpc) is 2.59. The van der Waals surface area contributed by atoms with E-state index in [0.717, 1.165) is 19.4 Å². The van der Waals surface area contributed by atoms with Gasteiger partial charge in [-0.2, -0.15) is 13.2 Å². The third kappa shape index (κ3) is 6.45. The van der Waals surface area contributed by atoms with Gasteiger partial charge in [0.2, 0.25) is 0 Å². The summed E-state index contributed by atoms with van der Waals surface area (Å²) < 4.78 is 47.0. The summed E-state index contributed by atoms with van der Waals surface area (Å²) in [7, 11) is 1.91. The quantitative estimate of drug-likeness (QED) is 0.812. The van der Waals surface area contributed by atoms with Crippen molar-refractivity contribution in [1.29, 1.82) is 0 Å². The molecular formula is C17H23F3N2O3. The van der Waals surface area contributed by atoms with Crippen LogP contribution in [0.1, 0.15) is 12.8 Å². The highest BCUT2D eigenvalue weighted by molar-refractivity contribution is 5.78. The van der Waals surface area contributed by atoms with E-state index in [1.54, 1.807) is 17.0 Å². The number of nitrogens with one attached hydrogen (secondary N) is 1. The predicted octanol–water partition coefficient (Wildman–Crippen LogP) is 2.46. The summed E-state index contributed by atoms with van der Waals surface area (Å²) in [6, 6.07) is 6.03. The van der Waals surface area contributed by atoms with Crippen molar-refractivity contribution >= 4 is 5.91 Å². The Kier molecular flexibility index (Phi) is 6.92. The van der Waals surface area contributed by atoms with E-state index in [-0.39, 0.29) is 24.0 Å². The van der Waals surface area contributed by atoms with Crippen LogP contribution >= 0.6 is 0 Å². The zero-order chi connectivity index (χ0) is 18.3. The minimum absolute atomic E-state index is 0.0275. The van der Waals surface area contributed by atoms with Crippen LogP contribution in [0.3, 0.4) is 0 Å². The summed E-state index contributed by atoms with van der Waals surface area (Å²) in [5.41, 5.74) is 0. The molecule has 2 rings (SSSR count). The molecule has 0 bridgehead atoms. The van der Waals surface area contributed by atoms with Crippen LogP contribution in [0.4, 0.5) is 13.2 Å². The number of hydrogen-bond acceptors (Lipinski definition) is 4. The third-order valence-electron chi connectivity index (χ3n) is 4.05. The Morgan fingerprint density at radius 3 is 2.36 bits per heavy atom. The van der Waals surface area contributed by atoms with Crippen molar-refractivity contribution in [3.8, 4) is 11.5 Å². The summed E-state index contributed by atoms with van der Waals surface area (Å²) in [6.07, 6.45) is -2.57. The smallest absolute Gasteiger partial charge is 0.422 e. The molecule has 1 N–H and O–H groups in total. The lowest BCUT2D eigenvalue weighted by molar-refractivity contribution is -0.153. The number of hydrogen-bond donors (Lipinski definition) is 1. The van der Waals surface area contributed by atoms with Crippen molar-refractivity contribution in [1.82, 2.24) is 10.2 Å². The Hall–Kier alpha value is -1.96. The van der Waals surface area contributed by atoms with E-state index in [4.69, 9.17) is 9.47 Å². The molecule has 1 aliphatic rings. The molecule has 1 aromatic carbocycles. The Labute approximate surface area is 145 Å². The molecule has 0 atom stereocenters. The molecule has 1 aliphatic heterocycles. The summed E-state index contributed by atoms with van der Waals surface area (Å²) in [5, 5.41) is 3.13. The van der Waals surface area contributed by atoms with Gasteiger partial charge in [-0.05, 0) is 44.5 Å². The highest BCUT2D eigenvalue weighted by Gasteiger charge is 2.29. The van der Waals surface area contributed by atoms with Crippen LogP contribution in [0.5, 0.6) is 11.5 Å². The van der Waals surface area contributed by atoms with Crippen LogP contribution in [-0.2, 0) is 4.79 Å². The summed E-state index contributed by atoms with van der Waals surface area (Å²) >= 11 is 0. The zero-order valence-electron chi connectivity index (χ0n) is 14.1. The fourth-order valence-corrected chi connectivity index (χ4v) is 2.75. The van der Waals surface area contributed by atoms with E-state index < -0.39 is 12.8 Å². The van der Waals surface area contributed by atoms with Gasteiger partial charge < -0.3 is 19.7 Å². The van der Waals surface area contributed by atoms with E-state index in [1.807, 2.05) is 7.05 Å². The molecule has 0 saturated carbocycles. The lowest BCUT2D eigenvalue weighted by Crippen LogP contribution is -2.42. The van der Waals surface area contributed by atoms with Gasteiger partial charge >= 0.3 is 6.18 Å². The highest BCUT2D eigenvalue weighted by Crippen LogP contribution is 2.28. The van der Waals surface area contributed by atoms with E-state index in [9.17, 15) is 18.0 Å². The van der Waals surface area contributed by atoms with Crippen molar-refractivity contribution < 1.29 is 27.4 Å². The lowest BCUT2D eigenvalue weighted by Gasteiger charge is -2.31. The maximum absolute atomic E-state index is 12.3. The van der Waals surface area contributed by atoms with Gasteiger partial charge in [0.1, 0.15) is 0 Å². The second kappa shape index (κ2) is 8.94. The number of likely N-dealkylation sites (tertiary alicyclic amines) is 1. The molecule has 0 aliphatic carbocycles. The van der Waals surface area contributed by atoms with Crippen molar-refractivity contribution in [3.05, 3.63) is 24.3 Å². The Morgan fingerprint density at radius 1 is 1.20 bits per heavy atom. The number of rotatable bonds is 7. The number of piperidine rings is 1. The SMILES string of the molecule is CNCC1CCN(C(=O)COc2ccccc2OCC(F)(F)F)CC1. The normalized spacial score (nSPS) is 15.9. The molecule has 1 fully saturated rings. The van der Waals surface area contributed by atoms with Crippen molar-refractivity contribution in [3.63, 3.8) is 0 Å². The molecule has 0 aromatic heterocycles. The Bertz CT molecular complexity index is 558. The molecule has 0 radical (unpaired) electrons. The number of amides is 1. The van der Waals surface area contributed by atoms with E-state index in [2.05, 4.69) is 5.32 Å². The average molecular weight is 360 g/mol. The first kappa shape index (κ1) is 19.4. The van der Waals surface area contributed by atoms with Crippen molar-refractivity contribution in [2.24, 2.45) is 5.92 Å². The monoisotopic (exact) mass is 360 g/mol. The number of nitrogens with zero attached hydrogens (tertiary/aromatic N) is 1. The molecule has 140 valence electrons. The van der Waals surface area contributed by atoms with Gasteiger partial charge in [-0.15, -0.1) is 0 Å². The van der Waals surface area contributed by atoms with E-state index in [1.165, 1.54) is 12.1 Å². The number of carbonyl (C=O) groups is 1. The van der Waals surface area contributed by atoms with Gasteiger partial charge in [0, 0.05) is 13.1 Å². The van der Waals surface area contributed by atoms with E-state index >= 15 is 0 Å². The topological polar surface area (TPSA) is 50.8 Å². The van der Waals surface area contributed by atoms with Gasteiger partial charge in [0.05, 0.1) is 0 Å². The fraction of sp³-hybridized carbons (Fsp3) is 0.588. The molecule has 25 heavy (non-hydrogen) atoms. The van der Waals surface area contributed by atoms with Crippen LogP contribution in [-0.4, -0.2) is 56.9 Å². The van der Waals surface area contributed by atoms with Crippen LogP contribution in [0.2, 0.25) is 0 Å². The fourth-order valence-electron chi connectivity index (χ4n) is 2.75.